The van der Waals surface area contributed by atoms with Gasteiger partial charge in [-0.15, -0.1) is 0 Å². The van der Waals surface area contributed by atoms with Gasteiger partial charge in [0.15, 0.2) is 0 Å². The van der Waals surface area contributed by atoms with Crippen LogP contribution in [0.1, 0.15) is 86.5 Å². The number of rotatable bonds is 2. The van der Waals surface area contributed by atoms with Gasteiger partial charge in [0.2, 0.25) is 0 Å². The van der Waals surface area contributed by atoms with Gasteiger partial charge in [-0.2, -0.15) is 0 Å². The molecule has 138 valence electrons. The van der Waals surface area contributed by atoms with Crippen LogP contribution in [0.5, 0.6) is 0 Å². The van der Waals surface area contributed by atoms with E-state index in [4.69, 9.17) is 0 Å². The van der Waals surface area contributed by atoms with Gasteiger partial charge in [-0.05, 0) is 80.5 Å². The maximum absolute atomic E-state index is 3.69. The minimum Gasteiger partial charge on any atom is -0.0726 e. The summed E-state index contributed by atoms with van der Waals surface area (Å²) in [4.78, 5) is 0. The molecule has 0 radical (unpaired) electrons. The van der Waals surface area contributed by atoms with Crippen molar-refractivity contribution in [3.05, 3.63) is 22.8 Å². The van der Waals surface area contributed by atoms with E-state index in [1.165, 1.54) is 56.1 Å². The zero-order valence-electron chi connectivity index (χ0n) is 17.4. The van der Waals surface area contributed by atoms with E-state index in [2.05, 4.69) is 59.5 Å². The molecule has 0 aromatic carbocycles. The molecule has 0 spiro atoms. The normalized spacial score (nSPS) is 39.4. The summed E-state index contributed by atoms with van der Waals surface area (Å²) in [6.07, 6.45) is 11.7. The second-order valence-corrected chi connectivity index (χ2v) is 9.68. The van der Waals surface area contributed by atoms with Crippen LogP contribution < -0.4 is 0 Å². The van der Waals surface area contributed by atoms with Crippen molar-refractivity contribution in [1.82, 2.24) is 0 Å². The van der Waals surface area contributed by atoms with Gasteiger partial charge < -0.3 is 0 Å². The summed E-state index contributed by atoms with van der Waals surface area (Å²) in [5.41, 5.74) is 4.96. The molecular weight excluding hydrogens is 300 g/mol. The second-order valence-electron chi connectivity index (χ2n) is 9.68. The highest BCUT2D eigenvalue weighted by molar-refractivity contribution is 5.44. The van der Waals surface area contributed by atoms with E-state index in [1.807, 2.05) is 0 Å². The van der Waals surface area contributed by atoms with Crippen LogP contribution in [0, 0.1) is 46.8 Å². The molecule has 0 aliphatic heterocycles. The zero-order valence-corrected chi connectivity index (χ0v) is 17.4. The summed E-state index contributed by atoms with van der Waals surface area (Å²) < 4.78 is 0. The van der Waals surface area contributed by atoms with E-state index in [0.29, 0.717) is 17.3 Å². The third-order valence-electron chi connectivity index (χ3n) is 8.04. The predicted molar refractivity (Wildman–Crippen MR) is 109 cm³/mol. The van der Waals surface area contributed by atoms with Crippen LogP contribution in [0.15, 0.2) is 22.8 Å². The number of hydrogen-bond acceptors (Lipinski definition) is 0. The van der Waals surface area contributed by atoms with Gasteiger partial charge in [-0.1, -0.05) is 64.5 Å². The molecule has 1 saturated carbocycles. The largest absolute Gasteiger partial charge is 0.0726 e. The van der Waals surface area contributed by atoms with Crippen molar-refractivity contribution in [3.8, 4) is 11.8 Å². The van der Waals surface area contributed by atoms with Crippen LogP contribution in [0.3, 0.4) is 0 Å². The fraction of sp³-hybridized carbons (Fsp3) is 0.760. The van der Waals surface area contributed by atoms with E-state index in [1.54, 1.807) is 5.57 Å². The Morgan fingerprint density at radius 2 is 2.00 bits per heavy atom. The van der Waals surface area contributed by atoms with Crippen molar-refractivity contribution in [2.24, 2.45) is 35.0 Å². The van der Waals surface area contributed by atoms with Crippen molar-refractivity contribution in [2.75, 3.05) is 0 Å². The van der Waals surface area contributed by atoms with Gasteiger partial charge in [-0.3, -0.25) is 0 Å². The van der Waals surface area contributed by atoms with Crippen LogP contribution in [0.2, 0.25) is 0 Å². The molecule has 1 fully saturated rings. The number of allylic oxidation sites excluding steroid dienone is 4. The molecule has 0 heterocycles. The first-order valence-corrected chi connectivity index (χ1v) is 10.8. The summed E-state index contributed by atoms with van der Waals surface area (Å²) in [6.45, 7) is 14.5. The molecule has 3 rings (SSSR count). The number of hydrogen-bond donors (Lipinski definition) is 0. The Kier molecular flexibility index (Phi) is 5.53. The van der Waals surface area contributed by atoms with Crippen molar-refractivity contribution in [2.45, 2.75) is 86.5 Å². The molecule has 0 saturated heterocycles. The van der Waals surface area contributed by atoms with E-state index in [0.717, 1.165) is 17.8 Å². The molecule has 3 aliphatic rings. The molecule has 0 nitrogen and oxygen atoms in total. The average Bonchev–Trinajstić information content (AvgIpc) is 2.93. The van der Waals surface area contributed by atoms with Crippen LogP contribution >= 0.6 is 0 Å². The smallest absolute Gasteiger partial charge is 0.00206 e. The van der Waals surface area contributed by atoms with E-state index < -0.39 is 0 Å². The lowest BCUT2D eigenvalue weighted by molar-refractivity contribution is 0.112. The van der Waals surface area contributed by atoms with Crippen molar-refractivity contribution < 1.29 is 0 Å². The molecule has 0 aromatic heterocycles. The van der Waals surface area contributed by atoms with Gasteiger partial charge in [0, 0.05) is 11.1 Å². The van der Waals surface area contributed by atoms with Crippen molar-refractivity contribution >= 4 is 0 Å². The highest BCUT2D eigenvalue weighted by Crippen LogP contribution is 2.58. The lowest BCUT2D eigenvalue weighted by atomic mass is 9.62. The van der Waals surface area contributed by atoms with Crippen molar-refractivity contribution in [3.63, 3.8) is 0 Å². The number of fused-ring (bicyclic) bond motifs is 1. The lowest BCUT2D eigenvalue weighted by Gasteiger charge is -2.42. The summed E-state index contributed by atoms with van der Waals surface area (Å²) in [5, 5.41) is 0. The van der Waals surface area contributed by atoms with Crippen LogP contribution in [-0.2, 0) is 0 Å². The maximum Gasteiger partial charge on any atom is 0.00206 e. The quantitative estimate of drug-likeness (QED) is 0.468. The van der Waals surface area contributed by atoms with E-state index >= 15 is 0 Å². The zero-order chi connectivity index (χ0) is 18.2. The Morgan fingerprint density at radius 1 is 1.24 bits per heavy atom. The predicted octanol–water partition coefficient (Wildman–Crippen LogP) is 7.17. The molecule has 0 N–H and O–H groups in total. The minimum atomic E-state index is 0.491. The highest BCUT2D eigenvalue weighted by atomic mass is 14.5. The van der Waals surface area contributed by atoms with Crippen LogP contribution in [-0.4, -0.2) is 0 Å². The molecule has 25 heavy (non-hydrogen) atoms. The Balaban J connectivity index is 1.84. The topological polar surface area (TPSA) is 0 Å². The summed E-state index contributed by atoms with van der Waals surface area (Å²) >= 11 is 0. The average molecular weight is 339 g/mol. The molecule has 2 unspecified atom stereocenters. The lowest BCUT2D eigenvalue weighted by Crippen LogP contribution is -2.34. The molecular formula is C25H38. The first-order chi connectivity index (χ1) is 11.9. The van der Waals surface area contributed by atoms with E-state index in [9.17, 15) is 0 Å². The maximum atomic E-state index is 3.69. The third-order valence-corrected chi connectivity index (χ3v) is 8.04. The summed E-state index contributed by atoms with van der Waals surface area (Å²) in [6, 6.07) is 0. The first kappa shape index (κ1) is 18.8. The van der Waals surface area contributed by atoms with Gasteiger partial charge in [0.05, 0.1) is 0 Å². The Labute approximate surface area is 156 Å². The fourth-order valence-corrected chi connectivity index (χ4v) is 6.14. The Morgan fingerprint density at radius 3 is 2.72 bits per heavy atom. The minimum absolute atomic E-state index is 0.491. The first-order valence-electron chi connectivity index (χ1n) is 10.8. The molecule has 0 heteroatoms. The summed E-state index contributed by atoms with van der Waals surface area (Å²) in [7, 11) is 0. The molecule has 0 amide bonds. The van der Waals surface area contributed by atoms with Crippen LogP contribution in [0.25, 0.3) is 0 Å². The summed E-state index contributed by atoms with van der Waals surface area (Å²) in [5.74, 6) is 11.3. The van der Waals surface area contributed by atoms with Crippen LogP contribution in [0.4, 0.5) is 0 Å². The second kappa shape index (κ2) is 7.34. The van der Waals surface area contributed by atoms with Gasteiger partial charge in [-0.25, -0.2) is 0 Å². The third kappa shape index (κ3) is 3.49. The fourth-order valence-electron chi connectivity index (χ4n) is 6.14. The monoisotopic (exact) mass is 338 g/mol. The molecule has 0 bridgehead atoms. The highest BCUT2D eigenvalue weighted by Gasteiger charge is 2.49. The SMILES string of the molecule is CC[C@@H](C)C1CCC2C(C#CC3=C(C)[C@@H](C)C[C@H](C)C3)=CCC[C@@]21C. The Hall–Kier alpha value is -0.960. The van der Waals surface area contributed by atoms with Gasteiger partial charge in [0.1, 0.15) is 0 Å². The molecule has 6 atom stereocenters. The van der Waals surface area contributed by atoms with Crippen molar-refractivity contribution in [1.29, 1.82) is 0 Å². The Bertz CT molecular complexity index is 622. The van der Waals surface area contributed by atoms with E-state index in [-0.39, 0.29) is 0 Å². The van der Waals surface area contributed by atoms with Gasteiger partial charge >= 0.3 is 0 Å². The molecule has 0 aromatic rings. The van der Waals surface area contributed by atoms with Gasteiger partial charge in [0.25, 0.3) is 0 Å². The standard InChI is InChI=1S/C25H38/c1-7-18(3)23-12-13-24-21(9-8-14-25(23,24)6)10-11-22-16-17(2)15-19(4)20(22)5/h9,17-19,23-24H,7-8,12-16H2,1-6H3/t17-,18+,19-,23?,24?,25+/m0/s1. The molecule has 3 aliphatic carbocycles.